The van der Waals surface area contributed by atoms with Crippen molar-refractivity contribution >= 4 is 10.0 Å². The van der Waals surface area contributed by atoms with Crippen LogP contribution in [0.25, 0.3) is 0 Å². The zero-order valence-corrected chi connectivity index (χ0v) is 15.9. The fourth-order valence-electron chi connectivity index (χ4n) is 3.59. The van der Waals surface area contributed by atoms with Crippen LogP contribution in [-0.4, -0.2) is 32.9 Å². The van der Waals surface area contributed by atoms with Crippen LogP contribution in [0.4, 0.5) is 4.39 Å². The van der Waals surface area contributed by atoms with Crippen LogP contribution in [0.3, 0.4) is 0 Å². The molecule has 1 saturated heterocycles. The van der Waals surface area contributed by atoms with Crippen LogP contribution in [0.1, 0.15) is 30.1 Å². The van der Waals surface area contributed by atoms with Crippen molar-refractivity contribution in [2.24, 2.45) is 5.92 Å². The topological polar surface area (TPSA) is 46.6 Å². The number of hydrogen-bond donors (Lipinski definition) is 0. The molecule has 26 heavy (non-hydrogen) atoms. The van der Waals surface area contributed by atoms with Gasteiger partial charge in [-0.2, -0.15) is 4.31 Å². The first kappa shape index (κ1) is 19.0. The summed E-state index contributed by atoms with van der Waals surface area (Å²) < 4.78 is 46.3. The molecule has 0 spiro atoms. The molecule has 4 nitrogen and oxygen atoms in total. The molecule has 1 heterocycles. The molecule has 1 fully saturated rings. The average Bonchev–Trinajstić information content (AvgIpc) is 2.66. The maximum atomic E-state index is 13.4. The van der Waals surface area contributed by atoms with Crippen molar-refractivity contribution in [3.05, 3.63) is 65.5 Å². The quantitative estimate of drug-likeness (QED) is 0.793. The van der Waals surface area contributed by atoms with Gasteiger partial charge in [-0.25, -0.2) is 12.8 Å². The largest absolute Gasteiger partial charge is 0.376 e. The number of ether oxygens (including phenoxy) is 1. The highest BCUT2D eigenvalue weighted by Gasteiger charge is 2.33. The number of aryl methyl sites for hydroxylation is 1. The summed E-state index contributed by atoms with van der Waals surface area (Å²) >= 11 is 0. The Morgan fingerprint density at radius 3 is 2.35 bits per heavy atom. The summed E-state index contributed by atoms with van der Waals surface area (Å²) in [4.78, 5) is 0.154. The number of methoxy groups -OCH3 is 1. The second-order valence-electron chi connectivity index (χ2n) is 6.72. The smallest absolute Gasteiger partial charge is 0.243 e. The van der Waals surface area contributed by atoms with Gasteiger partial charge in [-0.05, 0) is 55.0 Å². The normalized spacial score (nSPS) is 18.0. The SMILES string of the molecule is COC(c1ccccc1)C1CCN(S(=O)(=O)c2ccc(F)c(C)c2)CC1. The van der Waals surface area contributed by atoms with Crippen LogP contribution in [0, 0.1) is 18.7 Å². The number of halogens is 1. The highest BCUT2D eigenvalue weighted by molar-refractivity contribution is 7.89. The van der Waals surface area contributed by atoms with Gasteiger partial charge in [0.15, 0.2) is 0 Å². The van der Waals surface area contributed by atoms with Crippen LogP contribution in [0.15, 0.2) is 53.4 Å². The molecular formula is C20H24FNO3S. The lowest BCUT2D eigenvalue weighted by Gasteiger charge is -2.35. The predicted octanol–water partition coefficient (Wildman–Crippen LogP) is 3.92. The van der Waals surface area contributed by atoms with Crippen LogP contribution in [0.2, 0.25) is 0 Å². The second-order valence-corrected chi connectivity index (χ2v) is 8.66. The molecular weight excluding hydrogens is 353 g/mol. The van der Waals surface area contributed by atoms with Crippen LogP contribution < -0.4 is 0 Å². The molecule has 1 unspecified atom stereocenters. The van der Waals surface area contributed by atoms with E-state index in [2.05, 4.69) is 0 Å². The van der Waals surface area contributed by atoms with Gasteiger partial charge in [0.05, 0.1) is 11.0 Å². The Kier molecular flexibility index (Phi) is 5.75. The van der Waals surface area contributed by atoms with E-state index in [4.69, 9.17) is 4.74 Å². The van der Waals surface area contributed by atoms with Gasteiger partial charge in [0, 0.05) is 20.2 Å². The Hall–Kier alpha value is -1.76. The van der Waals surface area contributed by atoms with Gasteiger partial charge in [-0.1, -0.05) is 30.3 Å². The van der Waals surface area contributed by atoms with E-state index >= 15 is 0 Å². The molecule has 0 aromatic heterocycles. The van der Waals surface area contributed by atoms with Gasteiger partial charge in [0.1, 0.15) is 5.82 Å². The maximum absolute atomic E-state index is 13.4. The fraction of sp³-hybridized carbons (Fsp3) is 0.400. The second kappa shape index (κ2) is 7.86. The number of benzene rings is 2. The monoisotopic (exact) mass is 377 g/mol. The third-order valence-corrected chi connectivity index (χ3v) is 6.97. The predicted molar refractivity (Wildman–Crippen MR) is 98.8 cm³/mol. The van der Waals surface area contributed by atoms with Crippen molar-refractivity contribution in [2.75, 3.05) is 20.2 Å². The van der Waals surface area contributed by atoms with E-state index in [9.17, 15) is 12.8 Å². The van der Waals surface area contributed by atoms with E-state index in [0.29, 0.717) is 18.7 Å². The Labute approximate surface area is 154 Å². The molecule has 0 radical (unpaired) electrons. The molecule has 2 aromatic rings. The lowest BCUT2D eigenvalue weighted by atomic mass is 9.88. The van der Waals surface area contributed by atoms with Crippen molar-refractivity contribution in [1.82, 2.24) is 4.31 Å². The van der Waals surface area contributed by atoms with Gasteiger partial charge in [0.2, 0.25) is 10.0 Å². The summed E-state index contributed by atoms with van der Waals surface area (Å²) in [6.07, 6.45) is 1.42. The van der Waals surface area contributed by atoms with Crippen molar-refractivity contribution in [3.8, 4) is 0 Å². The Balaban J connectivity index is 1.72. The highest BCUT2D eigenvalue weighted by Crippen LogP contribution is 2.34. The number of nitrogens with zero attached hydrogens (tertiary/aromatic N) is 1. The third kappa shape index (κ3) is 3.82. The molecule has 2 aromatic carbocycles. The molecule has 0 bridgehead atoms. The molecule has 3 rings (SSSR count). The zero-order valence-electron chi connectivity index (χ0n) is 15.1. The van der Waals surface area contributed by atoms with Gasteiger partial charge >= 0.3 is 0 Å². The molecule has 0 N–H and O–H groups in total. The summed E-state index contributed by atoms with van der Waals surface area (Å²) in [7, 11) is -1.90. The lowest BCUT2D eigenvalue weighted by molar-refractivity contribution is 0.0303. The number of piperidine rings is 1. The van der Waals surface area contributed by atoms with Crippen molar-refractivity contribution < 1.29 is 17.5 Å². The van der Waals surface area contributed by atoms with Crippen molar-refractivity contribution in [3.63, 3.8) is 0 Å². The molecule has 0 aliphatic carbocycles. The van der Waals surface area contributed by atoms with Gasteiger partial charge in [-0.3, -0.25) is 0 Å². The molecule has 6 heteroatoms. The highest BCUT2D eigenvalue weighted by atomic mass is 32.2. The molecule has 0 amide bonds. The molecule has 140 valence electrons. The van der Waals surface area contributed by atoms with Gasteiger partial charge in [0.25, 0.3) is 0 Å². The van der Waals surface area contributed by atoms with E-state index in [1.165, 1.54) is 22.5 Å². The molecule has 1 atom stereocenters. The maximum Gasteiger partial charge on any atom is 0.243 e. The standard InChI is InChI=1S/C20H24FNO3S/c1-15-14-18(8-9-19(15)21)26(23,24)22-12-10-17(11-13-22)20(25-2)16-6-4-3-5-7-16/h3-9,14,17,20H,10-13H2,1-2H3. The summed E-state index contributed by atoms with van der Waals surface area (Å²) in [5.41, 5.74) is 1.45. The van der Waals surface area contributed by atoms with Crippen LogP contribution in [0.5, 0.6) is 0 Å². The minimum absolute atomic E-state index is 0.0332. The first-order valence-corrected chi connectivity index (χ1v) is 10.2. The van der Waals surface area contributed by atoms with E-state index in [-0.39, 0.29) is 16.9 Å². The van der Waals surface area contributed by atoms with Gasteiger partial charge < -0.3 is 4.74 Å². The van der Waals surface area contributed by atoms with Crippen LogP contribution >= 0.6 is 0 Å². The zero-order chi connectivity index (χ0) is 18.7. The average molecular weight is 377 g/mol. The molecule has 0 saturated carbocycles. The minimum Gasteiger partial charge on any atom is -0.376 e. The summed E-state index contributed by atoms with van der Waals surface area (Å²) in [5, 5.41) is 0. The summed E-state index contributed by atoms with van der Waals surface area (Å²) in [5.74, 6) is -0.128. The van der Waals surface area contributed by atoms with E-state index in [1.54, 1.807) is 14.0 Å². The van der Waals surface area contributed by atoms with Crippen molar-refractivity contribution in [1.29, 1.82) is 0 Å². The number of sulfonamides is 1. The number of rotatable bonds is 5. The molecule has 1 aliphatic heterocycles. The Bertz CT molecular complexity index is 847. The third-order valence-electron chi connectivity index (χ3n) is 5.08. The fourth-order valence-corrected chi connectivity index (χ4v) is 5.14. The van der Waals surface area contributed by atoms with Crippen LogP contribution in [-0.2, 0) is 14.8 Å². The van der Waals surface area contributed by atoms with Crippen molar-refractivity contribution in [2.45, 2.75) is 30.8 Å². The first-order valence-electron chi connectivity index (χ1n) is 8.77. The number of hydrogen-bond acceptors (Lipinski definition) is 3. The van der Waals surface area contributed by atoms with E-state index < -0.39 is 15.8 Å². The Morgan fingerprint density at radius 2 is 1.77 bits per heavy atom. The minimum atomic E-state index is -3.60. The Morgan fingerprint density at radius 1 is 1.12 bits per heavy atom. The summed E-state index contributed by atoms with van der Waals surface area (Å²) in [6, 6.07) is 14.0. The summed E-state index contributed by atoms with van der Waals surface area (Å²) in [6.45, 7) is 2.45. The van der Waals surface area contributed by atoms with E-state index in [1.807, 2.05) is 30.3 Å². The van der Waals surface area contributed by atoms with Gasteiger partial charge in [-0.15, -0.1) is 0 Å². The van der Waals surface area contributed by atoms with E-state index in [0.717, 1.165) is 18.4 Å². The lowest BCUT2D eigenvalue weighted by Crippen LogP contribution is -2.40. The first-order chi connectivity index (χ1) is 12.4. The molecule has 1 aliphatic rings.